The van der Waals surface area contributed by atoms with Crippen molar-refractivity contribution in [3.05, 3.63) is 96.3 Å². The fourth-order valence-electron chi connectivity index (χ4n) is 3.37. The van der Waals surface area contributed by atoms with E-state index in [-0.39, 0.29) is 11.6 Å². The van der Waals surface area contributed by atoms with E-state index in [0.717, 1.165) is 12.1 Å². The average molecular weight is 482 g/mol. The van der Waals surface area contributed by atoms with Gasteiger partial charge in [0.15, 0.2) is 5.82 Å². The molecule has 0 saturated carbocycles. The third-order valence-electron chi connectivity index (χ3n) is 5.18. The third kappa shape index (κ3) is 6.49. The molecule has 4 rings (SSSR count). The lowest BCUT2D eigenvalue weighted by atomic mass is 10.1. The van der Waals surface area contributed by atoms with E-state index in [1.807, 2.05) is 49.3 Å². The summed E-state index contributed by atoms with van der Waals surface area (Å²) in [5.74, 6) is 0.542. The lowest BCUT2D eigenvalue weighted by Gasteiger charge is -2.14. The molecule has 4 aromatic rings. The number of likely N-dealkylation sites (N-methyl/N-ethyl adjacent to an activating group) is 1. The largest absolute Gasteiger partial charge is 0.369 e. The van der Waals surface area contributed by atoms with E-state index in [9.17, 15) is 9.59 Å². The summed E-state index contributed by atoms with van der Waals surface area (Å²) < 4.78 is 0. The van der Waals surface area contributed by atoms with Gasteiger partial charge in [-0.1, -0.05) is 48.5 Å². The zero-order valence-corrected chi connectivity index (χ0v) is 20.1. The molecule has 2 aromatic heterocycles. The summed E-state index contributed by atoms with van der Waals surface area (Å²) in [5, 5.41) is 8.83. The Balaban J connectivity index is 1.59. The number of hydrogen-bond donors (Lipinski definition) is 3. The van der Waals surface area contributed by atoms with Gasteiger partial charge in [-0.3, -0.25) is 9.59 Å². The highest BCUT2D eigenvalue weighted by Crippen LogP contribution is 2.21. The van der Waals surface area contributed by atoms with Gasteiger partial charge in [-0.25, -0.2) is 15.0 Å². The Bertz CT molecular complexity index is 1330. The van der Waals surface area contributed by atoms with Crippen LogP contribution < -0.4 is 16.0 Å². The van der Waals surface area contributed by atoms with Crippen molar-refractivity contribution in [3.8, 4) is 11.4 Å². The highest BCUT2D eigenvalue weighted by molar-refractivity contribution is 6.12. The Kier molecular flexibility index (Phi) is 7.94. The molecule has 0 saturated heterocycles. The standard InChI is InChI=1S/C27H27N7O2/c1-34(2)17-16-29-24-18-22(30-25(32-24)19-10-4-3-5-11-19)27(36)31-21-13-7-6-12-20(21)26(35)33-23-14-8-9-15-28-23/h3-15,18H,16-17H2,1-2H3,(H,31,36)(H,28,33,35)(H,29,30,32). The first-order valence-electron chi connectivity index (χ1n) is 11.5. The van der Waals surface area contributed by atoms with E-state index >= 15 is 0 Å². The van der Waals surface area contributed by atoms with Gasteiger partial charge < -0.3 is 20.9 Å². The molecule has 0 unspecified atom stereocenters. The Hall–Kier alpha value is -4.63. The molecule has 2 aromatic carbocycles. The molecule has 0 atom stereocenters. The smallest absolute Gasteiger partial charge is 0.274 e. The summed E-state index contributed by atoms with van der Waals surface area (Å²) in [7, 11) is 3.97. The van der Waals surface area contributed by atoms with Gasteiger partial charge in [0.05, 0.1) is 11.3 Å². The van der Waals surface area contributed by atoms with Crippen LogP contribution in [-0.4, -0.2) is 58.9 Å². The number of rotatable bonds is 9. The van der Waals surface area contributed by atoms with E-state index in [2.05, 4.69) is 30.9 Å². The first-order valence-corrected chi connectivity index (χ1v) is 11.5. The van der Waals surface area contributed by atoms with E-state index in [4.69, 9.17) is 0 Å². The van der Waals surface area contributed by atoms with Crippen LogP contribution in [0.1, 0.15) is 20.8 Å². The van der Waals surface area contributed by atoms with Crippen LogP contribution in [0.5, 0.6) is 0 Å². The molecular formula is C27H27N7O2. The quantitative estimate of drug-likeness (QED) is 0.331. The summed E-state index contributed by atoms with van der Waals surface area (Å²) in [4.78, 5) is 41.4. The van der Waals surface area contributed by atoms with Crippen molar-refractivity contribution in [3.63, 3.8) is 0 Å². The summed E-state index contributed by atoms with van der Waals surface area (Å²) in [6, 6.07) is 23.1. The molecule has 0 bridgehead atoms. The van der Waals surface area contributed by atoms with Crippen LogP contribution >= 0.6 is 0 Å². The molecule has 0 fully saturated rings. The number of nitrogens with zero attached hydrogens (tertiary/aromatic N) is 4. The molecule has 9 heteroatoms. The first-order chi connectivity index (χ1) is 17.5. The Morgan fingerprint density at radius 3 is 2.31 bits per heavy atom. The Labute approximate surface area is 209 Å². The van der Waals surface area contributed by atoms with Crippen LogP contribution in [0, 0.1) is 0 Å². The van der Waals surface area contributed by atoms with Crippen molar-refractivity contribution >= 4 is 29.1 Å². The van der Waals surface area contributed by atoms with Crippen molar-refractivity contribution in [1.82, 2.24) is 19.9 Å². The van der Waals surface area contributed by atoms with Crippen LogP contribution in [0.3, 0.4) is 0 Å². The number of para-hydroxylation sites is 1. The van der Waals surface area contributed by atoms with Gasteiger partial charge in [-0.2, -0.15) is 0 Å². The second-order valence-electron chi connectivity index (χ2n) is 8.23. The highest BCUT2D eigenvalue weighted by atomic mass is 16.2. The summed E-state index contributed by atoms with van der Waals surface area (Å²) in [5.41, 5.74) is 1.63. The Morgan fingerprint density at radius 2 is 1.56 bits per heavy atom. The van der Waals surface area contributed by atoms with E-state index < -0.39 is 5.91 Å². The number of amides is 2. The number of carbonyl (C=O) groups excluding carboxylic acids is 2. The average Bonchev–Trinajstić information content (AvgIpc) is 2.89. The fourth-order valence-corrected chi connectivity index (χ4v) is 3.37. The maximum absolute atomic E-state index is 13.3. The molecule has 0 spiro atoms. The van der Waals surface area contributed by atoms with Crippen molar-refractivity contribution in [2.24, 2.45) is 0 Å². The van der Waals surface area contributed by atoms with Crippen LogP contribution in [-0.2, 0) is 0 Å². The fraction of sp³-hybridized carbons (Fsp3) is 0.148. The monoisotopic (exact) mass is 481 g/mol. The van der Waals surface area contributed by atoms with Crippen molar-refractivity contribution in [2.45, 2.75) is 0 Å². The van der Waals surface area contributed by atoms with Crippen molar-refractivity contribution in [1.29, 1.82) is 0 Å². The van der Waals surface area contributed by atoms with E-state index in [1.54, 1.807) is 54.7 Å². The number of anilines is 3. The summed E-state index contributed by atoms with van der Waals surface area (Å²) in [6.07, 6.45) is 1.59. The van der Waals surface area contributed by atoms with Gasteiger partial charge in [0.2, 0.25) is 0 Å². The number of pyridine rings is 1. The molecule has 3 N–H and O–H groups in total. The molecule has 2 heterocycles. The van der Waals surface area contributed by atoms with Gasteiger partial charge in [0.1, 0.15) is 17.3 Å². The lowest BCUT2D eigenvalue weighted by molar-refractivity contribution is 0.102. The topological polar surface area (TPSA) is 112 Å². The Morgan fingerprint density at radius 1 is 0.806 bits per heavy atom. The van der Waals surface area contributed by atoms with E-state index in [1.165, 1.54) is 0 Å². The van der Waals surface area contributed by atoms with Gasteiger partial charge in [-0.05, 0) is 38.4 Å². The zero-order chi connectivity index (χ0) is 25.3. The van der Waals surface area contributed by atoms with Crippen LogP contribution in [0.4, 0.5) is 17.3 Å². The minimum absolute atomic E-state index is 0.177. The number of aromatic nitrogens is 3. The molecular weight excluding hydrogens is 454 g/mol. The second-order valence-corrected chi connectivity index (χ2v) is 8.23. The van der Waals surface area contributed by atoms with Gasteiger partial charge in [0, 0.05) is 30.9 Å². The molecule has 9 nitrogen and oxygen atoms in total. The number of benzene rings is 2. The van der Waals surface area contributed by atoms with Gasteiger partial charge in [-0.15, -0.1) is 0 Å². The summed E-state index contributed by atoms with van der Waals surface area (Å²) in [6.45, 7) is 1.45. The highest BCUT2D eigenvalue weighted by Gasteiger charge is 2.17. The van der Waals surface area contributed by atoms with Gasteiger partial charge >= 0.3 is 0 Å². The maximum Gasteiger partial charge on any atom is 0.274 e. The molecule has 36 heavy (non-hydrogen) atoms. The van der Waals surface area contributed by atoms with E-state index in [0.29, 0.717) is 35.3 Å². The van der Waals surface area contributed by atoms with Crippen LogP contribution in [0.2, 0.25) is 0 Å². The molecule has 2 amide bonds. The van der Waals surface area contributed by atoms with Crippen molar-refractivity contribution in [2.75, 3.05) is 43.1 Å². The number of hydrogen-bond acceptors (Lipinski definition) is 7. The maximum atomic E-state index is 13.3. The minimum atomic E-state index is -0.455. The first kappa shape index (κ1) is 24.5. The number of nitrogens with one attached hydrogen (secondary N) is 3. The minimum Gasteiger partial charge on any atom is -0.369 e. The molecule has 0 aliphatic rings. The predicted molar refractivity (Wildman–Crippen MR) is 141 cm³/mol. The van der Waals surface area contributed by atoms with Crippen molar-refractivity contribution < 1.29 is 9.59 Å². The molecule has 0 aliphatic carbocycles. The molecule has 182 valence electrons. The predicted octanol–water partition coefficient (Wildman–Crippen LogP) is 4.02. The van der Waals surface area contributed by atoms with Crippen LogP contribution in [0.15, 0.2) is 85.1 Å². The third-order valence-corrected chi connectivity index (χ3v) is 5.18. The van der Waals surface area contributed by atoms with Gasteiger partial charge in [0.25, 0.3) is 11.8 Å². The molecule has 0 radical (unpaired) electrons. The number of carbonyl (C=O) groups is 2. The normalized spacial score (nSPS) is 10.6. The second kappa shape index (κ2) is 11.7. The lowest BCUT2D eigenvalue weighted by Crippen LogP contribution is -2.22. The molecule has 0 aliphatic heterocycles. The zero-order valence-electron chi connectivity index (χ0n) is 20.1. The summed E-state index contributed by atoms with van der Waals surface area (Å²) >= 11 is 0. The SMILES string of the molecule is CN(C)CCNc1cc(C(=O)Nc2ccccc2C(=O)Nc2ccccn2)nc(-c2ccccc2)n1. The van der Waals surface area contributed by atoms with Crippen LogP contribution in [0.25, 0.3) is 11.4 Å².